The van der Waals surface area contributed by atoms with Gasteiger partial charge in [-0.25, -0.2) is 0 Å². The third-order valence-corrected chi connectivity index (χ3v) is 4.62. The Balaban J connectivity index is 1.91. The van der Waals surface area contributed by atoms with E-state index in [4.69, 9.17) is 16.0 Å². The van der Waals surface area contributed by atoms with E-state index in [1.807, 2.05) is 0 Å². The van der Waals surface area contributed by atoms with Crippen LogP contribution < -0.4 is 5.32 Å². The van der Waals surface area contributed by atoms with E-state index in [0.29, 0.717) is 10.6 Å². The van der Waals surface area contributed by atoms with Gasteiger partial charge in [0.25, 0.3) is 5.91 Å². The highest BCUT2D eigenvalue weighted by molar-refractivity contribution is 7.16. The molecule has 4 nitrogen and oxygen atoms in total. The molecular weight excluding hydrogens is 284 g/mol. The molecule has 1 N–H and O–H groups in total. The molecule has 0 saturated heterocycles. The summed E-state index contributed by atoms with van der Waals surface area (Å²) < 4.78 is 4.88. The van der Waals surface area contributed by atoms with Crippen molar-refractivity contribution >= 4 is 33.8 Å². The minimum atomic E-state index is -0.352. The van der Waals surface area contributed by atoms with E-state index in [0.717, 1.165) is 24.8 Å². The van der Waals surface area contributed by atoms with Gasteiger partial charge in [0.05, 0.1) is 17.4 Å². The fourth-order valence-corrected chi connectivity index (χ4v) is 3.67. The number of halogens is 1. The lowest BCUT2D eigenvalue weighted by atomic mass is 10.1. The van der Waals surface area contributed by atoms with Gasteiger partial charge in [-0.1, -0.05) is 0 Å². The Morgan fingerprint density at radius 2 is 2.37 bits per heavy atom. The Hall–Kier alpha value is -1.77. The number of hydrogen-bond donors (Lipinski definition) is 1. The highest BCUT2D eigenvalue weighted by Gasteiger charge is 2.24. The van der Waals surface area contributed by atoms with Gasteiger partial charge < -0.3 is 9.73 Å². The second-order valence-corrected chi connectivity index (χ2v) is 5.68. The quantitative estimate of drug-likeness (QED) is 0.919. The van der Waals surface area contributed by atoms with Crippen molar-refractivity contribution in [2.24, 2.45) is 0 Å². The summed E-state index contributed by atoms with van der Waals surface area (Å²) >= 11 is 7.24. The first-order valence-electron chi connectivity index (χ1n) is 5.79. The third kappa shape index (κ3) is 2.03. The number of amides is 1. The molecule has 96 valence electrons. The summed E-state index contributed by atoms with van der Waals surface area (Å²) in [4.78, 5) is 13.2. The van der Waals surface area contributed by atoms with E-state index in [-0.39, 0.29) is 16.7 Å². The molecule has 19 heavy (non-hydrogen) atoms. The highest BCUT2D eigenvalue weighted by atomic mass is 35.5. The van der Waals surface area contributed by atoms with Crippen molar-refractivity contribution in [1.82, 2.24) is 0 Å². The maximum Gasteiger partial charge on any atom is 0.261 e. The number of rotatable bonds is 2. The van der Waals surface area contributed by atoms with E-state index >= 15 is 0 Å². The zero-order valence-electron chi connectivity index (χ0n) is 9.83. The summed E-state index contributed by atoms with van der Waals surface area (Å²) in [6.45, 7) is 0. The first kappa shape index (κ1) is 12.3. The predicted octanol–water partition coefficient (Wildman–Crippen LogP) is 3.61. The minimum Gasteiger partial charge on any atom is -0.452 e. The van der Waals surface area contributed by atoms with E-state index in [9.17, 15) is 10.1 Å². The minimum absolute atomic E-state index is 0.0557. The van der Waals surface area contributed by atoms with Crippen molar-refractivity contribution < 1.29 is 9.21 Å². The molecule has 0 radical (unpaired) electrons. The molecular formula is C13H9ClN2O2S. The Labute approximate surface area is 118 Å². The van der Waals surface area contributed by atoms with Crippen molar-refractivity contribution in [2.45, 2.75) is 19.3 Å². The standard InChI is InChI=1S/C13H9ClN2O2S/c14-11-8(4-5-18-11)12(17)16-13-9(6-15)7-2-1-3-10(7)19-13/h4-5H,1-3H2,(H,16,17). The van der Waals surface area contributed by atoms with Crippen LogP contribution in [0.5, 0.6) is 0 Å². The van der Waals surface area contributed by atoms with Crippen molar-refractivity contribution in [3.05, 3.63) is 39.1 Å². The van der Waals surface area contributed by atoms with Crippen LogP contribution in [0.3, 0.4) is 0 Å². The maximum absolute atomic E-state index is 12.0. The lowest BCUT2D eigenvalue weighted by Gasteiger charge is -2.02. The average molecular weight is 293 g/mol. The number of thiophene rings is 1. The molecule has 1 aliphatic rings. The summed E-state index contributed by atoms with van der Waals surface area (Å²) in [5.41, 5.74) is 1.95. The maximum atomic E-state index is 12.0. The molecule has 2 heterocycles. The van der Waals surface area contributed by atoms with Gasteiger partial charge in [-0.3, -0.25) is 4.79 Å². The topological polar surface area (TPSA) is 66.0 Å². The first-order chi connectivity index (χ1) is 9.20. The normalized spacial score (nSPS) is 13.1. The summed E-state index contributed by atoms with van der Waals surface area (Å²) in [7, 11) is 0. The fourth-order valence-electron chi connectivity index (χ4n) is 2.24. The number of furan rings is 1. The van der Waals surface area contributed by atoms with Crippen LogP contribution in [-0.2, 0) is 12.8 Å². The Kier molecular flexibility index (Phi) is 3.05. The number of anilines is 1. The van der Waals surface area contributed by atoms with Crippen LogP contribution in [0.1, 0.15) is 32.8 Å². The van der Waals surface area contributed by atoms with E-state index in [2.05, 4.69) is 11.4 Å². The van der Waals surface area contributed by atoms with Gasteiger partial charge in [0, 0.05) is 4.88 Å². The van der Waals surface area contributed by atoms with Crippen LogP contribution in [0.15, 0.2) is 16.7 Å². The van der Waals surface area contributed by atoms with Gasteiger partial charge in [-0.2, -0.15) is 5.26 Å². The largest absolute Gasteiger partial charge is 0.452 e. The Morgan fingerprint density at radius 3 is 3.05 bits per heavy atom. The SMILES string of the molecule is N#Cc1c(NC(=O)c2ccoc2Cl)sc2c1CCC2. The molecule has 0 fully saturated rings. The predicted molar refractivity (Wildman–Crippen MR) is 72.7 cm³/mol. The number of aryl methyl sites for hydroxylation is 1. The number of nitrogens with one attached hydrogen (secondary N) is 1. The van der Waals surface area contributed by atoms with Gasteiger partial charge in [0.1, 0.15) is 11.1 Å². The molecule has 0 aromatic carbocycles. The molecule has 0 aliphatic heterocycles. The molecule has 2 aromatic rings. The van der Waals surface area contributed by atoms with Crippen LogP contribution in [0, 0.1) is 11.3 Å². The van der Waals surface area contributed by atoms with E-state index < -0.39 is 0 Å². The van der Waals surface area contributed by atoms with Crippen LogP contribution in [0.4, 0.5) is 5.00 Å². The van der Waals surface area contributed by atoms with Gasteiger partial charge in [0.15, 0.2) is 0 Å². The molecule has 0 bridgehead atoms. The third-order valence-electron chi connectivity index (χ3n) is 3.12. The monoisotopic (exact) mass is 292 g/mol. The second-order valence-electron chi connectivity index (χ2n) is 4.24. The average Bonchev–Trinajstić information content (AvgIpc) is 3.04. The summed E-state index contributed by atoms with van der Waals surface area (Å²) in [6.07, 6.45) is 4.34. The molecule has 0 atom stereocenters. The molecule has 1 amide bonds. The summed E-state index contributed by atoms with van der Waals surface area (Å²) in [5.74, 6) is -0.352. The van der Waals surface area contributed by atoms with Crippen molar-refractivity contribution in [1.29, 1.82) is 5.26 Å². The summed E-state index contributed by atoms with van der Waals surface area (Å²) in [6, 6.07) is 3.69. The van der Waals surface area contributed by atoms with Gasteiger partial charge in [-0.05, 0) is 42.5 Å². The fraction of sp³-hybridized carbons (Fsp3) is 0.231. The van der Waals surface area contributed by atoms with Crippen LogP contribution in [-0.4, -0.2) is 5.91 Å². The van der Waals surface area contributed by atoms with Crippen LogP contribution in [0.2, 0.25) is 5.22 Å². The van der Waals surface area contributed by atoms with Gasteiger partial charge in [0.2, 0.25) is 5.22 Å². The number of hydrogen-bond acceptors (Lipinski definition) is 4. The van der Waals surface area contributed by atoms with E-state index in [1.54, 1.807) is 0 Å². The number of carbonyl (C=O) groups excluding carboxylic acids is 1. The van der Waals surface area contributed by atoms with Crippen molar-refractivity contribution in [2.75, 3.05) is 5.32 Å². The van der Waals surface area contributed by atoms with Gasteiger partial charge >= 0.3 is 0 Å². The van der Waals surface area contributed by atoms with Gasteiger partial charge in [-0.15, -0.1) is 11.3 Å². The first-order valence-corrected chi connectivity index (χ1v) is 6.99. The highest BCUT2D eigenvalue weighted by Crippen LogP contribution is 2.38. The molecule has 0 unspecified atom stereocenters. The number of fused-ring (bicyclic) bond motifs is 1. The lowest BCUT2D eigenvalue weighted by Crippen LogP contribution is -2.11. The summed E-state index contributed by atoms with van der Waals surface area (Å²) in [5, 5.41) is 12.6. The molecule has 6 heteroatoms. The number of carbonyl (C=O) groups is 1. The molecule has 1 aliphatic carbocycles. The zero-order chi connectivity index (χ0) is 13.4. The second kappa shape index (κ2) is 4.72. The van der Waals surface area contributed by atoms with Crippen LogP contribution >= 0.6 is 22.9 Å². The van der Waals surface area contributed by atoms with Crippen LogP contribution in [0.25, 0.3) is 0 Å². The molecule has 2 aromatic heterocycles. The Morgan fingerprint density at radius 1 is 1.53 bits per heavy atom. The van der Waals surface area contributed by atoms with E-state index in [1.165, 1.54) is 28.5 Å². The number of nitriles is 1. The molecule has 0 saturated carbocycles. The smallest absolute Gasteiger partial charge is 0.261 e. The molecule has 3 rings (SSSR count). The number of nitrogens with zero attached hydrogens (tertiary/aromatic N) is 1. The Bertz CT molecular complexity index is 696. The van der Waals surface area contributed by atoms with Crippen molar-refractivity contribution in [3.8, 4) is 6.07 Å². The van der Waals surface area contributed by atoms with Crippen molar-refractivity contribution in [3.63, 3.8) is 0 Å². The molecule has 0 spiro atoms. The lowest BCUT2D eigenvalue weighted by molar-refractivity contribution is 0.102. The zero-order valence-corrected chi connectivity index (χ0v) is 11.4.